The van der Waals surface area contributed by atoms with Gasteiger partial charge in [0.1, 0.15) is 11.5 Å². The van der Waals surface area contributed by atoms with Crippen LogP contribution in [0.25, 0.3) is 5.57 Å². The zero-order chi connectivity index (χ0) is 26.6. The molecule has 0 saturated carbocycles. The number of likely N-dealkylation sites (N-methyl/N-ethyl adjacent to an activating group) is 1. The minimum Gasteiger partial charge on any atom is -0.497 e. The van der Waals surface area contributed by atoms with E-state index in [1.807, 2.05) is 67.6 Å². The van der Waals surface area contributed by atoms with Crippen LogP contribution in [0.3, 0.4) is 0 Å². The van der Waals surface area contributed by atoms with Crippen molar-refractivity contribution in [3.63, 3.8) is 0 Å². The van der Waals surface area contributed by atoms with E-state index in [0.29, 0.717) is 16.6 Å². The molecule has 0 aliphatic carbocycles. The average molecular weight is 544 g/mol. The second kappa shape index (κ2) is 11.4. The van der Waals surface area contributed by atoms with Crippen LogP contribution >= 0.6 is 23.5 Å². The van der Waals surface area contributed by atoms with E-state index in [4.69, 9.17) is 14.5 Å². The quantitative estimate of drug-likeness (QED) is 0.295. The van der Waals surface area contributed by atoms with Gasteiger partial charge in [0, 0.05) is 23.6 Å². The largest absolute Gasteiger partial charge is 0.497 e. The molecule has 1 amide bonds. The lowest BCUT2D eigenvalue weighted by Crippen LogP contribution is -2.28. The predicted molar refractivity (Wildman–Crippen MR) is 158 cm³/mol. The Bertz CT molecular complexity index is 1430. The van der Waals surface area contributed by atoms with Gasteiger partial charge in [-0.15, -0.1) is 0 Å². The third kappa shape index (κ3) is 5.06. The Hall–Kier alpha value is -3.62. The van der Waals surface area contributed by atoms with Gasteiger partial charge in [-0.2, -0.15) is 0 Å². The normalized spacial score (nSPS) is 18.4. The van der Waals surface area contributed by atoms with Crippen molar-refractivity contribution in [1.82, 2.24) is 4.90 Å². The predicted octanol–water partition coefficient (Wildman–Crippen LogP) is 7.17. The van der Waals surface area contributed by atoms with Gasteiger partial charge >= 0.3 is 0 Å². The Morgan fingerprint density at radius 1 is 0.868 bits per heavy atom. The molecule has 0 aromatic heterocycles. The molecule has 0 spiro atoms. The van der Waals surface area contributed by atoms with Crippen LogP contribution in [0.4, 0.5) is 11.4 Å². The first kappa shape index (κ1) is 26.0. The van der Waals surface area contributed by atoms with Crippen molar-refractivity contribution in [2.24, 2.45) is 4.99 Å². The van der Waals surface area contributed by atoms with E-state index in [-0.39, 0.29) is 5.91 Å². The molecule has 0 bridgehead atoms. The average Bonchev–Trinajstić information content (AvgIpc) is 3.47. The number of anilines is 1. The highest BCUT2D eigenvalue weighted by Gasteiger charge is 2.35. The third-order valence-electron chi connectivity index (χ3n) is 6.33. The summed E-state index contributed by atoms with van der Waals surface area (Å²) in [5.74, 6) is 1.56. The van der Waals surface area contributed by atoms with Crippen LogP contribution in [-0.4, -0.2) is 43.3 Å². The number of ether oxygens (including phenoxy) is 2. The monoisotopic (exact) mass is 543 g/mol. The van der Waals surface area contributed by atoms with E-state index in [9.17, 15) is 4.79 Å². The number of rotatable bonds is 7. The number of hydrogen-bond donors (Lipinski definition) is 0. The second-order valence-corrected chi connectivity index (χ2v) is 10.6. The van der Waals surface area contributed by atoms with E-state index in [2.05, 4.69) is 30.0 Å². The molecule has 194 valence electrons. The molecule has 2 heterocycles. The van der Waals surface area contributed by atoms with Gasteiger partial charge in [-0.1, -0.05) is 42.1 Å². The summed E-state index contributed by atoms with van der Waals surface area (Å²) in [6, 6.07) is 23.8. The molecule has 0 unspecified atom stereocenters. The van der Waals surface area contributed by atoms with Gasteiger partial charge in [0.15, 0.2) is 5.17 Å². The number of methoxy groups -OCH3 is 2. The Kier molecular flexibility index (Phi) is 7.81. The SMILES string of the molecule is CCN1C(=O)C(=C(C=C2Sc3cc(OC)ccc3N2CC)c2ccccc2)SC1=Nc1ccc(OC)cc1. The summed E-state index contributed by atoms with van der Waals surface area (Å²) in [4.78, 5) is 24.4. The van der Waals surface area contributed by atoms with Crippen LogP contribution in [0.1, 0.15) is 19.4 Å². The zero-order valence-corrected chi connectivity index (χ0v) is 23.4. The molecule has 8 heteroatoms. The first-order chi connectivity index (χ1) is 18.6. The lowest BCUT2D eigenvalue weighted by molar-refractivity contribution is -0.122. The van der Waals surface area contributed by atoms with Crippen LogP contribution in [-0.2, 0) is 4.79 Å². The molecule has 1 saturated heterocycles. The Morgan fingerprint density at radius 3 is 2.21 bits per heavy atom. The number of nitrogens with zero attached hydrogens (tertiary/aromatic N) is 3. The lowest BCUT2D eigenvalue weighted by Gasteiger charge is -2.19. The van der Waals surface area contributed by atoms with Crippen LogP contribution < -0.4 is 14.4 Å². The molecule has 3 aromatic rings. The molecular weight excluding hydrogens is 514 g/mol. The number of allylic oxidation sites excluding steroid dienone is 2. The van der Waals surface area contributed by atoms with Crippen LogP contribution in [0, 0.1) is 0 Å². The maximum atomic E-state index is 13.8. The maximum Gasteiger partial charge on any atom is 0.267 e. The summed E-state index contributed by atoms with van der Waals surface area (Å²) in [5, 5.41) is 1.74. The van der Waals surface area contributed by atoms with Gasteiger partial charge in [0.25, 0.3) is 5.91 Å². The fourth-order valence-electron chi connectivity index (χ4n) is 4.37. The van der Waals surface area contributed by atoms with Gasteiger partial charge in [-0.05, 0) is 79.7 Å². The molecule has 2 aliphatic heterocycles. The number of amides is 1. The fourth-order valence-corrected chi connectivity index (χ4v) is 6.70. The maximum absolute atomic E-state index is 13.8. The lowest BCUT2D eigenvalue weighted by atomic mass is 10.0. The summed E-state index contributed by atoms with van der Waals surface area (Å²) in [6.07, 6.45) is 2.14. The van der Waals surface area contributed by atoms with Gasteiger partial charge in [0.2, 0.25) is 0 Å². The Labute approximate surface area is 232 Å². The van der Waals surface area contributed by atoms with Crippen molar-refractivity contribution in [2.45, 2.75) is 18.7 Å². The summed E-state index contributed by atoms with van der Waals surface area (Å²) in [6.45, 7) is 5.45. The molecule has 1 fully saturated rings. The number of fused-ring (bicyclic) bond motifs is 1. The van der Waals surface area contributed by atoms with E-state index in [1.165, 1.54) is 11.8 Å². The minimum absolute atomic E-state index is 0.0364. The standard InChI is InChI=1S/C30H29N3O3S2/c1-5-32-25-17-16-23(36-4)18-26(25)37-27(32)19-24(20-10-8-7-9-11-20)28-29(34)33(6-2)30(38-28)31-21-12-14-22(35-3)15-13-21/h7-19H,5-6H2,1-4H3. The van der Waals surface area contributed by atoms with Crippen molar-refractivity contribution in [2.75, 3.05) is 32.2 Å². The molecule has 38 heavy (non-hydrogen) atoms. The molecule has 0 radical (unpaired) electrons. The first-order valence-corrected chi connectivity index (χ1v) is 14.1. The topological polar surface area (TPSA) is 54.4 Å². The fraction of sp³-hybridized carbons (Fsp3) is 0.200. The number of carbonyl (C=O) groups excluding carboxylic acids is 1. The number of hydrogen-bond acceptors (Lipinski definition) is 7. The molecule has 0 atom stereocenters. The van der Waals surface area contributed by atoms with Crippen LogP contribution in [0.2, 0.25) is 0 Å². The van der Waals surface area contributed by atoms with Crippen LogP contribution in [0.5, 0.6) is 11.5 Å². The highest BCUT2D eigenvalue weighted by atomic mass is 32.2. The third-order valence-corrected chi connectivity index (χ3v) is 8.52. The van der Waals surface area contributed by atoms with E-state index in [1.54, 1.807) is 30.9 Å². The molecular formula is C30H29N3O3S2. The number of thioether (sulfide) groups is 2. The number of amidine groups is 1. The molecule has 2 aliphatic rings. The number of aliphatic imine (C=N–C) groups is 1. The summed E-state index contributed by atoms with van der Waals surface area (Å²) in [5.41, 5.74) is 3.79. The number of carbonyl (C=O) groups is 1. The Balaban J connectivity index is 1.60. The van der Waals surface area contributed by atoms with Crippen molar-refractivity contribution >= 4 is 51.5 Å². The van der Waals surface area contributed by atoms with Crippen molar-refractivity contribution in [3.8, 4) is 11.5 Å². The van der Waals surface area contributed by atoms with Crippen LogP contribution in [0.15, 0.2) is 98.7 Å². The molecule has 3 aromatic carbocycles. The summed E-state index contributed by atoms with van der Waals surface area (Å²) < 4.78 is 10.7. The minimum atomic E-state index is -0.0364. The first-order valence-electron chi connectivity index (χ1n) is 12.4. The van der Waals surface area contributed by atoms with Crippen molar-refractivity contribution < 1.29 is 14.3 Å². The van der Waals surface area contributed by atoms with Crippen molar-refractivity contribution in [1.29, 1.82) is 0 Å². The second-order valence-electron chi connectivity index (χ2n) is 8.52. The van der Waals surface area contributed by atoms with Gasteiger partial charge < -0.3 is 14.4 Å². The highest BCUT2D eigenvalue weighted by molar-refractivity contribution is 8.18. The van der Waals surface area contributed by atoms with Gasteiger partial charge in [-0.25, -0.2) is 4.99 Å². The van der Waals surface area contributed by atoms with Gasteiger partial charge in [0.05, 0.1) is 35.5 Å². The van der Waals surface area contributed by atoms with E-state index in [0.717, 1.165) is 50.5 Å². The number of benzene rings is 3. The van der Waals surface area contributed by atoms with Crippen molar-refractivity contribution in [3.05, 3.63) is 94.4 Å². The highest BCUT2D eigenvalue weighted by Crippen LogP contribution is 2.49. The summed E-state index contributed by atoms with van der Waals surface area (Å²) >= 11 is 3.12. The van der Waals surface area contributed by atoms with E-state index < -0.39 is 0 Å². The van der Waals surface area contributed by atoms with Gasteiger partial charge in [-0.3, -0.25) is 9.69 Å². The molecule has 0 N–H and O–H groups in total. The van der Waals surface area contributed by atoms with E-state index >= 15 is 0 Å². The zero-order valence-electron chi connectivity index (χ0n) is 21.8. The smallest absolute Gasteiger partial charge is 0.267 e. The Morgan fingerprint density at radius 2 is 1.55 bits per heavy atom. The molecule has 6 nitrogen and oxygen atoms in total. The summed E-state index contributed by atoms with van der Waals surface area (Å²) in [7, 11) is 3.32. The molecule has 5 rings (SSSR count).